The summed E-state index contributed by atoms with van der Waals surface area (Å²) in [6, 6.07) is 5.23. The van der Waals surface area contributed by atoms with Crippen molar-refractivity contribution in [3.05, 3.63) is 39.9 Å². The predicted octanol–water partition coefficient (Wildman–Crippen LogP) is 3.24. The molecule has 0 bridgehead atoms. The summed E-state index contributed by atoms with van der Waals surface area (Å²) in [5, 5.41) is 10.6. The molecule has 1 aliphatic heterocycles. The summed E-state index contributed by atoms with van der Waals surface area (Å²) in [5.74, 6) is 0.0837. The van der Waals surface area contributed by atoms with Crippen LogP contribution in [0.15, 0.2) is 24.3 Å². The highest BCUT2D eigenvalue weighted by molar-refractivity contribution is 6.37. The van der Waals surface area contributed by atoms with Crippen LogP contribution in [-0.2, 0) is 4.79 Å². The summed E-state index contributed by atoms with van der Waals surface area (Å²) in [6.07, 6.45) is 3.58. The van der Waals surface area contributed by atoms with Gasteiger partial charge in [0.05, 0.1) is 6.10 Å². The number of amides is 1. The summed E-state index contributed by atoms with van der Waals surface area (Å²) in [4.78, 5) is 13.8. The highest BCUT2D eigenvalue weighted by atomic mass is 35.5. The lowest BCUT2D eigenvalue weighted by Crippen LogP contribution is -2.28. The standard InChI is InChI=1S/C15H17Cl2NO2/c1-10(19)11-7-8-18(9-11)15(20)6-5-12-13(16)3-2-4-14(12)17/h2-6,10-11,19H,7-9H2,1H3/b6-5+. The van der Waals surface area contributed by atoms with E-state index in [1.165, 1.54) is 6.08 Å². The van der Waals surface area contributed by atoms with E-state index >= 15 is 0 Å². The van der Waals surface area contributed by atoms with Gasteiger partial charge in [-0.25, -0.2) is 0 Å². The van der Waals surface area contributed by atoms with Crippen molar-refractivity contribution in [1.29, 1.82) is 0 Å². The predicted molar refractivity (Wildman–Crippen MR) is 81.9 cm³/mol. The van der Waals surface area contributed by atoms with Crippen molar-refractivity contribution < 1.29 is 9.90 Å². The van der Waals surface area contributed by atoms with Crippen LogP contribution in [0.5, 0.6) is 0 Å². The van der Waals surface area contributed by atoms with Crippen molar-refractivity contribution in [2.24, 2.45) is 5.92 Å². The molecule has 1 aromatic carbocycles. The molecular formula is C15H17Cl2NO2. The SMILES string of the molecule is CC(O)C1CCN(C(=O)/C=C/c2c(Cl)cccc2Cl)C1. The zero-order valence-electron chi connectivity index (χ0n) is 11.2. The van der Waals surface area contributed by atoms with Gasteiger partial charge in [0.15, 0.2) is 0 Å². The van der Waals surface area contributed by atoms with Gasteiger partial charge in [0.1, 0.15) is 0 Å². The molecule has 2 rings (SSSR count). The van der Waals surface area contributed by atoms with Crippen LogP contribution < -0.4 is 0 Å². The first-order chi connectivity index (χ1) is 9.49. The number of nitrogens with zero attached hydrogens (tertiary/aromatic N) is 1. The van der Waals surface area contributed by atoms with Crippen molar-refractivity contribution in [2.75, 3.05) is 13.1 Å². The second-order valence-electron chi connectivity index (χ2n) is 5.04. The summed E-state index contributed by atoms with van der Waals surface area (Å²) in [7, 11) is 0. The first-order valence-corrected chi connectivity index (χ1v) is 7.33. The Kier molecular flexibility index (Phi) is 5.08. The van der Waals surface area contributed by atoms with Crippen molar-refractivity contribution >= 4 is 35.2 Å². The van der Waals surface area contributed by atoms with Gasteiger partial charge in [0, 0.05) is 40.7 Å². The minimum atomic E-state index is -0.380. The Bertz CT molecular complexity index is 508. The Morgan fingerprint density at radius 1 is 1.45 bits per heavy atom. The van der Waals surface area contributed by atoms with Crippen LogP contribution in [0.2, 0.25) is 10.0 Å². The van der Waals surface area contributed by atoms with Gasteiger partial charge in [-0.15, -0.1) is 0 Å². The average molecular weight is 314 g/mol. The zero-order chi connectivity index (χ0) is 14.7. The van der Waals surface area contributed by atoms with E-state index in [-0.39, 0.29) is 17.9 Å². The highest BCUT2D eigenvalue weighted by Gasteiger charge is 2.27. The third-order valence-corrected chi connectivity index (χ3v) is 4.27. The summed E-state index contributed by atoms with van der Waals surface area (Å²) >= 11 is 12.1. The molecule has 0 radical (unpaired) electrons. The Morgan fingerprint density at radius 2 is 2.10 bits per heavy atom. The van der Waals surface area contributed by atoms with E-state index in [2.05, 4.69) is 0 Å². The van der Waals surface area contributed by atoms with Gasteiger partial charge < -0.3 is 10.0 Å². The van der Waals surface area contributed by atoms with Crippen LogP contribution >= 0.6 is 23.2 Å². The molecule has 1 N–H and O–H groups in total. The van der Waals surface area contributed by atoms with Gasteiger partial charge in [-0.05, 0) is 31.6 Å². The minimum absolute atomic E-state index is 0.0795. The monoisotopic (exact) mass is 313 g/mol. The van der Waals surface area contributed by atoms with E-state index in [1.807, 2.05) is 0 Å². The summed E-state index contributed by atoms with van der Waals surface area (Å²) in [5.41, 5.74) is 0.649. The van der Waals surface area contributed by atoms with E-state index in [0.29, 0.717) is 28.7 Å². The van der Waals surface area contributed by atoms with Gasteiger partial charge >= 0.3 is 0 Å². The fourth-order valence-electron chi connectivity index (χ4n) is 2.31. The van der Waals surface area contributed by atoms with Crippen molar-refractivity contribution in [1.82, 2.24) is 4.90 Å². The van der Waals surface area contributed by atoms with Gasteiger partial charge in [0.2, 0.25) is 5.91 Å². The maximum atomic E-state index is 12.1. The second-order valence-corrected chi connectivity index (χ2v) is 5.86. The van der Waals surface area contributed by atoms with Crippen LogP contribution in [0, 0.1) is 5.92 Å². The fraction of sp³-hybridized carbons (Fsp3) is 0.400. The number of aliphatic hydroxyl groups excluding tert-OH is 1. The molecule has 0 aliphatic carbocycles. The zero-order valence-corrected chi connectivity index (χ0v) is 12.7. The first kappa shape index (κ1) is 15.4. The van der Waals surface area contributed by atoms with Crippen molar-refractivity contribution in [3.63, 3.8) is 0 Å². The Balaban J connectivity index is 2.03. The molecule has 2 atom stereocenters. The summed E-state index contributed by atoms with van der Waals surface area (Å²) in [6.45, 7) is 3.03. The molecule has 0 spiro atoms. The van der Waals surface area contributed by atoms with Gasteiger partial charge in [-0.1, -0.05) is 29.3 Å². The van der Waals surface area contributed by atoms with Gasteiger partial charge in [-0.3, -0.25) is 4.79 Å². The van der Waals surface area contributed by atoms with Crippen LogP contribution in [0.25, 0.3) is 6.08 Å². The molecule has 5 heteroatoms. The first-order valence-electron chi connectivity index (χ1n) is 6.58. The maximum Gasteiger partial charge on any atom is 0.246 e. The number of hydrogen-bond acceptors (Lipinski definition) is 2. The topological polar surface area (TPSA) is 40.5 Å². The lowest BCUT2D eigenvalue weighted by molar-refractivity contribution is -0.125. The third kappa shape index (κ3) is 3.54. The molecule has 1 saturated heterocycles. The third-order valence-electron chi connectivity index (χ3n) is 3.61. The number of halogens is 2. The minimum Gasteiger partial charge on any atom is -0.393 e. The number of aliphatic hydroxyl groups is 1. The molecule has 0 aromatic heterocycles. The number of carbonyl (C=O) groups is 1. The molecular weight excluding hydrogens is 297 g/mol. The van der Waals surface area contributed by atoms with Crippen molar-refractivity contribution in [3.8, 4) is 0 Å². The molecule has 0 saturated carbocycles. The molecule has 108 valence electrons. The maximum absolute atomic E-state index is 12.1. The van der Waals surface area contributed by atoms with Crippen LogP contribution in [-0.4, -0.2) is 35.1 Å². The molecule has 2 unspecified atom stereocenters. The largest absolute Gasteiger partial charge is 0.393 e. The van der Waals surface area contributed by atoms with E-state index < -0.39 is 0 Å². The molecule has 3 nitrogen and oxygen atoms in total. The summed E-state index contributed by atoms with van der Waals surface area (Å²) < 4.78 is 0. The number of hydrogen-bond donors (Lipinski definition) is 1. The Labute approximate surface area is 128 Å². The van der Waals surface area contributed by atoms with E-state index in [0.717, 1.165) is 6.42 Å². The van der Waals surface area contributed by atoms with E-state index in [4.69, 9.17) is 23.2 Å². The molecule has 20 heavy (non-hydrogen) atoms. The van der Waals surface area contributed by atoms with Crippen LogP contribution in [0.1, 0.15) is 18.9 Å². The number of rotatable bonds is 3. The van der Waals surface area contributed by atoms with Crippen LogP contribution in [0.3, 0.4) is 0 Å². The quantitative estimate of drug-likeness (QED) is 0.870. The Hall–Kier alpha value is -1.03. The van der Waals surface area contributed by atoms with Crippen LogP contribution in [0.4, 0.5) is 0 Å². The Morgan fingerprint density at radius 3 is 2.65 bits per heavy atom. The van der Waals surface area contributed by atoms with Gasteiger partial charge in [-0.2, -0.15) is 0 Å². The fourth-order valence-corrected chi connectivity index (χ4v) is 2.83. The average Bonchev–Trinajstić information content (AvgIpc) is 2.87. The second kappa shape index (κ2) is 6.61. The molecule has 1 aromatic rings. The number of benzene rings is 1. The van der Waals surface area contributed by atoms with Crippen molar-refractivity contribution in [2.45, 2.75) is 19.4 Å². The molecule has 1 heterocycles. The number of likely N-dealkylation sites (tertiary alicyclic amines) is 1. The molecule has 1 fully saturated rings. The van der Waals surface area contributed by atoms with E-state index in [9.17, 15) is 9.90 Å². The molecule has 1 aliphatic rings. The smallest absolute Gasteiger partial charge is 0.246 e. The normalized spacial score (nSPS) is 20.6. The van der Waals surface area contributed by atoms with E-state index in [1.54, 1.807) is 36.1 Å². The van der Waals surface area contributed by atoms with Gasteiger partial charge in [0.25, 0.3) is 0 Å². The number of carbonyl (C=O) groups excluding carboxylic acids is 1. The lowest BCUT2D eigenvalue weighted by Gasteiger charge is -2.15. The molecule has 1 amide bonds. The lowest BCUT2D eigenvalue weighted by atomic mass is 10.0. The highest BCUT2D eigenvalue weighted by Crippen LogP contribution is 2.26.